The van der Waals surface area contributed by atoms with Crippen LogP contribution in [-0.4, -0.2) is 17.3 Å². The first-order chi connectivity index (χ1) is 14.1. The second kappa shape index (κ2) is 6.64. The van der Waals surface area contributed by atoms with Crippen molar-refractivity contribution in [2.24, 2.45) is 0 Å². The molecule has 1 aromatic heterocycles. The van der Waals surface area contributed by atoms with Crippen LogP contribution in [0.5, 0.6) is 0 Å². The molecule has 0 radical (unpaired) electrons. The van der Waals surface area contributed by atoms with Crippen LogP contribution in [0.2, 0.25) is 0 Å². The molecule has 1 heterocycles. The second-order valence-corrected chi connectivity index (χ2v) is 7.18. The Kier molecular flexibility index (Phi) is 3.95. The Morgan fingerprint density at radius 2 is 1.38 bits per heavy atom. The van der Waals surface area contributed by atoms with Crippen molar-refractivity contribution in [3.8, 4) is 16.8 Å². The van der Waals surface area contributed by atoms with Crippen LogP contribution >= 0.6 is 0 Å². The lowest BCUT2D eigenvalue weighted by molar-refractivity contribution is -0.383. The van der Waals surface area contributed by atoms with Crippen molar-refractivity contribution < 1.29 is 4.92 Å². The molecule has 138 valence electrons. The molecule has 0 N–H and O–H groups in total. The van der Waals surface area contributed by atoms with Gasteiger partial charge in [0, 0.05) is 22.5 Å². The van der Waals surface area contributed by atoms with Crippen LogP contribution < -0.4 is 5.46 Å². The van der Waals surface area contributed by atoms with Crippen LogP contribution in [0, 0.1) is 10.1 Å². The molecule has 0 aliphatic carbocycles. The van der Waals surface area contributed by atoms with Crippen molar-refractivity contribution in [2.75, 3.05) is 0 Å². The van der Waals surface area contributed by atoms with Crippen molar-refractivity contribution in [1.29, 1.82) is 0 Å². The van der Waals surface area contributed by atoms with E-state index < -0.39 is 0 Å². The molecule has 0 saturated carbocycles. The fourth-order valence-electron chi connectivity index (χ4n) is 4.05. The summed E-state index contributed by atoms with van der Waals surface area (Å²) in [5, 5.41) is 13.5. The zero-order valence-corrected chi connectivity index (χ0v) is 15.9. The first-order valence-corrected chi connectivity index (χ1v) is 9.47. The van der Waals surface area contributed by atoms with Crippen LogP contribution in [0.3, 0.4) is 0 Å². The molecule has 0 saturated heterocycles. The summed E-state index contributed by atoms with van der Waals surface area (Å²) >= 11 is 0. The molecule has 5 aromatic rings. The minimum absolute atomic E-state index is 0.149. The first-order valence-electron chi connectivity index (χ1n) is 9.47. The van der Waals surface area contributed by atoms with Crippen molar-refractivity contribution in [3.05, 3.63) is 101 Å². The summed E-state index contributed by atoms with van der Waals surface area (Å²) in [6.07, 6.45) is 0. The summed E-state index contributed by atoms with van der Waals surface area (Å²) < 4.78 is 2.27. The van der Waals surface area contributed by atoms with Gasteiger partial charge in [-0.25, -0.2) is 0 Å². The van der Waals surface area contributed by atoms with E-state index in [4.69, 9.17) is 0 Å². The van der Waals surface area contributed by atoms with Gasteiger partial charge in [-0.05, 0) is 53.0 Å². The van der Waals surface area contributed by atoms with Gasteiger partial charge in [-0.1, -0.05) is 48.5 Å². The number of para-hydroxylation sites is 2. The predicted molar refractivity (Wildman–Crippen MR) is 121 cm³/mol. The fraction of sp³-hybridized carbons (Fsp3) is 0. The summed E-state index contributed by atoms with van der Waals surface area (Å²) in [5.41, 5.74) is 6.26. The van der Waals surface area contributed by atoms with E-state index in [1.54, 1.807) is 13.9 Å². The fourth-order valence-corrected chi connectivity index (χ4v) is 4.05. The van der Waals surface area contributed by atoms with Crippen molar-refractivity contribution in [2.45, 2.75) is 0 Å². The van der Waals surface area contributed by atoms with E-state index in [0.717, 1.165) is 33.2 Å². The maximum absolute atomic E-state index is 11.1. The summed E-state index contributed by atoms with van der Waals surface area (Å²) in [5.74, 6) is 0. The Hall–Kier alpha value is -3.86. The van der Waals surface area contributed by atoms with E-state index in [0.29, 0.717) is 5.46 Å². The molecule has 0 fully saturated rings. The van der Waals surface area contributed by atoms with Gasteiger partial charge >= 0.3 is 0 Å². The van der Waals surface area contributed by atoms with E-state index in [9.17, 15) is 10.1 Å². The molecular weight excluding hydrogens is 359 g/mol. The van der Waals surface area contributed by atoms with Gasteiger partial charge in [-0.3, -0.25) is 10.1 Å². The summed E-state index contributed by atoms with van der Waals surface area (Å²) in [4.78, 5) is 10.8. The average molecular weight is 376 g/mol. The van der Waals surface area contributed by atoms with Gasteiger partial charge in [0.05, 0.1) is 16.0 Å². The number of nitro benzene ring substituents is 1. The lowest BCUT2D eigenvalue weighted by atomic mass is 9.90. The molecule has 29 heavy (non-hydrogen) atoms. The van der Waals surface area contributed by atoms with Crippen molar-refractivity contribution in [1.82, 2.24) is 4.57 Å². The normalized spacial score (nSPS) is 11.2. The van der Waals surface area contributed by atoms with Gasteiger partial charge in [0.25, 0.3) is 5.69 Å². The number of aromatic nitrogens is 1. The van der Waals surface area contributed by atoms with Gasteiger partial charge in [-0.15, -0.1) is 0 Å². The quantitative estimate of drug-likeness (QED) is 0.262. The second-order valence-electron chi connectivity index (χ2n) is 7.18. The number of hydrogen-bond donors (Lipinski definition) is 0. The number of rotatable bonds is 3. The number of hydrogen-bond acceptors (Lipinski definition) is 2. The van der Waals surface area contributed by atoms with Crippen LogP contribution in [0.15, 0.2) is 91.0 Å². The highest BCUT2D eigenvalue weighted by Gasteiger charge is 2.14. The summed E-state index contributed by atoms with van der Waals surface area (Å²) in [7, 11) is 1.78. The van der Waals surface area contributed by atoms with E-state index in [1.165, 1.54) is 5.39 Å². The van der Waals surface area contributed by atoms with Crippen LogP contribution in [0.1, 0.15) is 0 Å². The van der Waals surface area contributed by atoms with E-state index in [-0.39, 0.29) is 10.6 Å². The third kappa shape index (κ3) is 2.79. The van der Waals surface area contributed by atoms with E-state index in [1.807, 2.05) is 30.3 Å². The lowest BCUT2D eigenvalue weighted by Gasteiger charge is -2.08. The van der Waals surface area contributed by atoms with E-state index in [2.05, 4.69) is 59.2 Å². The SMILES string of the molecule is Bc1cc(-c2ccc3c(c2)c2ccccc2n3-c2ccccc2)ccc1[N+](=O)[O-]. The molecule has 0 unspecified atom stereocenters. The molecule has 4 nitrogen and oxygen atoms in total. The topological polar surface area (TPSA) is 48.1 Å². The molecule has 5 rings (SSSR count). The highest BCUT2D eigenvalue weighted by molar-refractivity contribution is 6.35. The Morgan fingerprint density at radius 1 is 0.724 bits per heavy atom. The van der Waals surface area contributed by atoms with Crippen molar-refractivity contribution in [3.63, 3.8) is 0 Å². The molecule has 0 spiro atoms. The standard InChI is InChI=1S/C24H17BN2O2/c25-21-15-17(11-13-24(21)27(28)29)16-10-12-23-20(14-16)19-8-4-5-9-22(19)26(23)18-6-2-1-3-7-18/h1-15H,25H2. The Morgan fingerprint density at radius 3 is 2.14 bits per heavy atom. The van der Waals surface area contributed by atoms with Gasteiger partial charge in [-0.2, -0.15) is 0 Å². The smallest absolute Gasteiger partial charge is 0.263 e. The van der Waals surface area contributed by atoms with Gasteiger partial charge in [0.15, 0.2) is 0 Å². The maximum atomic E-state index is 11.1. The minimum atomic E-state index is -0.338. The first kappa shape index (κ1) is 17.3. The zero-order valence-electron chi connectivity index (χ0n) is 15.9. The van der Waals surface area contributed by atoms with Crippen LogP contribution in [0.4, 0.5) is 5.69 Å². The Labute approximate surface area is 168 Å². The molecule has 0 aliphatic heterocycles. The third-order valence-electron chi connectivity index (χ3n) is 5.41. The Bertz CT molecular complexity index is 1390. The van der Waals surface area contributed by atoms with Crippen molar-refractivity contribution >= 4 is 40.8 Å². The van der Waals surface area contributed by atoms with Crippen LogP contribution in [-0.2, 0) is 0 Å². The monoisotopic (exact) mass is 376 g/mol. The molecule has 4 aromatic carbocycles. The van der Waals surface area contributed by atoms with Gasteiger partial charge in [0.2, 0.25) is 0 Å². The van der Waals surface area contributed by atoms with Crippen LogP contribution in [0.25, 0.3) is 38.6 Å². The number of fused-ring (bicyclic) bond motifs is 3. The Balaban J connectivity index is 1.76. The molecule has 0 bridgehead atoms. The largest absolute Gasteiger partial charge is 0.309 e. The highest BCUT2D eigenvalue weighted by atomic mass is 16.6. The average Bonchev–Trinajstić information content (AvgIpc) is 3.08. The van der Waals surface area contributed by atoms with Gasteiger partial charge in [0.1, 0.15) is 7.85 Å². The molecule has 0 atom stereocenters. The zero-order chi connectivity index (χ0) is 20.0. The maximum Gasteiger partial charge on any atom is 0.263 e. The minimum Gasteiger partial charge on any atom is -0.309 e. The summed E-state index contributed by atoms with van der Waals surface area (Å²) in [6, 6.07) is 30.4. The number of nitro groups is 1. The molecule has 5 heteroatoms. The predicted octanol–water partition coefficient (Wildman–Crippen LogP) is 4.62. The molecule has 0 aliphatic rings. The molecule has 0 amide bonds. The summed E-state index contributed by atoms with van der Waals surface area (Å²) in [6.45, 7) is 0. The molecular formula is C24H17BN2O2. The number of nitrogens with zero attached hydrogens (tertiary/aromatic N) is 2. The number of benzene rings is 4. The highest BCUT2D eigenvalue weighted by Crippen LogP contribution is 2.34. The van der Waals surface area contributed by atoms with Gasteiger partial charge < -0.3 is 4.57 Å². The lowest BCUT2D eigenvalue weighted by Crippen LogP contribution is -2.09. The third-order valence-corrected chi connectivity index (χ3v) is 5.41. The van der Waals surface area contributed by atoms with E-state index >= 15 is 0 Å².